The number of aromatic nitrogens is 1. The third-order valence-corrected chi connectivity index (χ3v) is 2.25. The van der Waals surface area contributed by atoms with Crippen LogP contribution in [0.2, 0.25) is 0 Å². The maximum atomic E-state index is 5.23. The largest absolute Gasteiger partial charge is 0.359 e. The number of rotatable bonds is 4. The highest BCUT2D eigenvalue weighted by Gasteiger charge is 2.08. The normalized spacial score (nSPS) is 11.6. The maximum Gasteiger partial charge on any atom is 0.191 e. The molecule has 104 valence electrons. The number of hydrogen-bond acceptors (Lipinski definition) is 3. The van der Waals surface area contributed by atoms with Gasteiger partial charge in [-0.15, -0.1) is 24.0 Å². The fourth-order valence-electron chi connectivity index (χ4n) is 1.32. The second kappa shape index (κ2) is 8.34. The van der Waals surface area contributed by atoms with Crippen LogP contribution in [0.15, 0.2) is 15.6 Å². The average Bonchev–Trinajstić information content (AvgIpc) is 2.72. The molecule has 6 heteroatoms. The van der Waals surface area contributed by atoms with E-state index in [-0.39, 0.29) is 24.0 Å². The molecule has 0 saturated heterocycles. The van der Waals surface area contributed by atoms with Crippen LogP contribution in [0.25, 0.3) is 0 Å². The average molecular weight is 366 g/mol. The topological polar surface area (TPSA) is 62.5 Å². The molecule has 1 aromatic rings. The Morgan fingerprint density at radius 2 is 2.06 bits per heavy atom. The van der Waals surface area contributed by atoms with Gasteiger partial charge in [0.2, 0.25) is 0 Å². The minimum Gasteiger partial charge on any atom is -0.359 e. The molecule has 5 nitrogen and oxygen atoms in total. The Kier molecular flexibility index (Phi) is 7.97. The molecule has 0 aromatic carbocycles. The van der Waals surface area contributed by atoms with Crippen molar-refractivity contribution in [3.05, 3.63) is 17.5 Å². The molecule has 18 heavy (non-hydrogen) atoms. The van der Waals surface area contributed by atoms with Gasteiger partial charge >= 0.3 is 0 Å². The zero-order valence-corrected chi connectivity index (χ0v) is 14.0. The third kappa shape index (κ3) is 5.70. The van der Waals surface area contributed by atoms with Crippen molar-refractivity contribution < 1.29 is 4.52 Å². The minimum atomic E-state index is 0. The van der Waals surface area contributed by atoms with Gasteiger partial charge in [0, 0.05) is 19.2 Å². The predicted octanol–water partition coefficient (Wildman–Crippen LogP) is 2.49. The smallest absolute Gasteiger partial charge is 0.191 e. The lowest BCUT2D eigenvalue weighted by molar-refractivity contribution is 0.371. The molecule has 0 radical (unpaired) electrons. The molecular formula is C12H23IN4O. The summed E-state index contributed by atoms with van der Waals surface area (Å²) in [5, 5.41) is 10.4. The lowest BCUT2D eigenvalue weighted by Gasteiger charge is -2.13. The molecule has 0 aliphatic heterocycles. The van der Waals surface area contributed by atoms with Gasteiger partial charge in [0.1, 0.15) is 0 Å². The van der Waals surface area contributed by atoms with E-state index in [0.29, 0.717) is 18.5 Å². The Hall–Kier alpha value is -0.790. The SMILES string of the molecule is CN=C(NCc1cc(C(C)C)no1)NC(C)C.I. The van der Waals surface area contributed by atoms with Crippen LogP contribution in [0.4, 0.5) is 0 Å². The van der Waals surface area contributed by atoms with Gasteiger partial charge in [-0.2, -0.15) is 0 Å². The zero-order chi connectivity index (χ0) is 12.8. The second-order valence-electron chi connectivity index (χ2n) is 4.60. The van der Waals surface area contributed by atoms with E-state index in [0.717, 1.165) is 17.4 Å². The summed E-state index contributed by atoms with van der Waals surface area (Å²) in [6.07, 6.45) is 0. The molecule has 0 fully saturated rings. The van der Waals surface area contributed by atoms with Crippen LogP contribution < -0.4 is 10.6 Å². The van der Waals surface area contributed by atoms with Gasteiger partial charge in [0.05, 0.1) is 12.2 Å². The van der Waals surface area contributed by atoms with Crippen LogP contribution in [0.5, 0.6) is 0 Å². The van der Waals surface area contributed by atoms with Crippen molar-refractivity contribution in [3.63, 3.8) is 0 Å². The molecule has 1 heterocycles. The second-order valence-corrected chi connectivity index (χ2v) is 4.60. The summed E-state index contributed by atoms with van der Waals surface area (Å²) in [4.78, 5) is 4.12. The van der Waals surface area contributed by atoms with E-state index in [4.69, 9.17) is 4.52 Å². The number of guanidine groups is 1. The lowest BCUT2D eigenvalue weighted by Crippen LogP contribution is -2.40. The molecule has 0 unspecified atom stereocenters. The third-order valence-electron chi connectivity index (χ3n) is 2.25. The van der Waals surface area contributed by atoms with Gasteiger partial charge in [-0.25, -0.2) is 0 Å². The summed E-state index contributed by atoms with van der Waals surface area (Å²) >= 11 is 0. The molecule has 0 aliphatic rings. The van der Waals surface area contributed by atoms with E-state index in [2.05, 4.69) is 48.5 Å². The summed E-state index contributed by atoms with van der Waals surface area (Å²) in [5.74, 6) is 1.98. The summed E-state index contributed by atoms with van der Waals surface area (Å²) in [6, 6.07) is 2.32. The molecular weight excluding hydrogens is 343 g/mol. The van der Waals surface area contributed by atoms with Gasteiger partial charge in [-0.05, 0) is 19.8 Å². The van der Waals surface area contributed by atoms with Crippen molar-refractivity contribution in [3.8, 4) is 0 Å². The summed E-state index contributed by atoms with van der Waals surface area (Å²) < 4.78 is 5.23. The van der Waals surface area contributed by atoms with Gasteiger partial charge < -0.3 is 15.2 Å². The highest BCUT2D eigenvalue weighted by Crippen LogP contribution is 2.13. The molecule has 0 saturated carbocycles. The first-order valence-electron chi connectivity index (χ1n) is 5.95. The molecule has 0 amide bonds. The van der Waals surface area contributed by atoms with Crippen molar-refractivity contribution in [2.75, 3.05) is 7.05 Å². The molecule has 0 atom stereocenters. The minimum absolute atomic E-state index is 0. The first-order chi connectivity index (χ1) is 8.02. The highest BCUT2D eigenvalue weighted by atomic mass is 127. The van der Waals surface area contributed by atoms with Crippen LogP contribution >= 0.6 is 24.0 Å². The molecule has 0 aliphatic carbocycles. The first kappa shape index (κ1) is 17.2. The zero-order valence-electron chi connectivity index (χ0n) is 11.7. The summed E-state index contributed by atoms with van der Waals surface area (Å²) in [6.45, 7) is 8.91. The Morgan fingerprint density at radius 3 is 2.50 bits per heavy atom. The van der Waals surface area contributed by atoms with Crippen LogP contribution in [-0.2, 0) is 6.54 Å². The van der Waals surface area contributed by atoms with E-state index in [1.54, 1.807) is 7.05 Å². The molecule has 0 spiro atoms. The molecule has 1 rings (SSSR count). The maximum absolute atomic E-state index is 5.23. The van der Waals surface area contributed by atoms with Crippen LogP contribution in [0.1, 0.15) is 45.1 Å². The number of nitrogens with one attached hydrogen (secondary N) is 2. The van der Waals surface area contributed by atoms with E-state index in [1.807, 2.05) is 6.07 Å². The van der Waals surface area contributed by atoms with Crippen molar-refractivity contribution in [1.29, 1.82) is 0 Å². The lowest BCUT2D eigenvalue weighted by atomic mass is 10.1. The summed E-state index contributed by atoms with van der Waals surface area (Å²) in [5.41, 5.74) is 0.980. The van der Waals surface area contributed by atoms with Crippen LogP contribution in [0.3, 0.4) is 0 Å². The van der Waals surface area contributed by atoms with Crippen LogP contribution in [0, 0.1) is 0 Å². The number of aliphatic imine (C=N–C) groups is 1. The van der Waals surface area contributed by atoms with Crippen molar-refractivity contribution >= 4 is 29.9 Å². The fourth-order valence-corrected chi connectivity index (χ4v) is 1.32. The van der Waals surface area contributed by atoms with Gasteiger partial charge in [0.25, 0.3) is 0 Å². The van der Waals surface area contributed by atoms with Crippen molar-refractivity contribution in [1.82, 2.24) is 15.8 Å². The Balaban J connectivity index is 0.00000289. The van der Waals surface area contributed by atoms with E-state index in [9.17, 15) is 0 Å². The Morgan fingerprint density at radius 1 is 1.39 bits per heavy atom. The summed E-state index contributed by atoms with van der Waals surface area (Å²) in [7, 11) is 1.75. The van der Waals surface area contributed by atoms with Crippen LogP contribution in [-0.4, -0.2) is 24.2 Å². The van der Waals surface area contributed by atoms with Gasteiger partial charge in [0.15, 0.2) is 11.7 Å². The quantitative estimate of drug-likeness (QED) is 0.488. The standard InChI is InChI=1S/C12H22N4O.HI/c1-8(2)11-6-10(17-16-11)7-14-12(13-5)15-9(3)4;/h6,8-9H,7H2,1-5H3,(H2,13,14,15);1H. The Bertz CT molecular complexity index is 374. The van der Waals surface area contributed by atoms with E-state index in [1.165, 1.54) is 0 Å². The number of halogens is 1. The van der Waals surface area contributed by atoms with E-state index >= 15 is 0 Å². The van der Waals surface area contributed by atoms with E-state index < -0.39 is 0 Å². The molecule has 0 bridgehead atoms. The monoisotopic (exact) mass is 366 g/mol. The Labute approximate surface area is 126 Å². The van der Waals surface area contributed by atoms with Gasteiger partial charge in [-0.1, -0.05) is 19.0 Å². The molecule has 2 N–H and O–H groups in total. The molecule has 1 aromatic heterocycles. The number of nitrogens with zero attached hydrogens (tertiary/aromatic N) is 2. The van der Waals surface area contributed by atoms with Crippen molar-refractivity contribution in [2.45, 2.75) is 46.2 Å². The number of hydrogen-bond donors (Lipinski definition) is 2. The predicted molar refractivity (Wildman–Crippen MR) is 84.5 cm³/mol. The highest BCUT2D eigenvalue weighted by molar-refractivity contribution is 14.0. The first-order valence-corrected chi connectivity index (χ1v) is 5.95. The van der Waals surface area contributed by atoms with Gasteiger partial charge in [-0.3, -0.25) is 4.99 Å². The fraction of sp³-hybridized carbons (Fsp3) is 0.667. The van der Waals surface area contributed by atoms with Crippen molar-refractivity contribution in [2.24, 2.45) is 4.99 Å².